The molecule has 6 heteroatoms. The van der Waals surface area contributed by atoms with Gasteiger partial charge in [0.05, 0.1) is 0 Å². The van der Waals surface area contributed by atoms with E-state index in [0.717, 1.165) is 24.3 Å². The van der Waals surface area contributed by atoms with E-state index < -0.39 is 10.0 Å². The first-order chi connectivity index (χ1) is 8.50. The third-order valence-corrected chi connectivity index (χ3v) is 6.43. The molecular weight excluding hydrogens is 268 g/mol. The van der Waals surface area contributed by atoms with Gasteiger partial charge in [0.25, 0.3) is 10.0 Å². The summed E-state index contributed by atoms with van der Waals surface area (Å²) in [6, 6.07) is 4.05. The molecule has 0 saturated carbocycles. The number of hydrogen-bond acceptors (Lipinski definition) is 4. The highest BCUT2D eigenvalue weighted by atomic mass is 32.2. The van der Waals surface area contributed by atoms with Crippen LogP contribution in [0.5, 0.6) is 0 Å². The largest absolute Gasteiger partial charge is 0.310 e. The molecule has 0 radical (unpaired) electrons. The van der Waals surface area contributed by atoms with Crippen LogP contribution in [0.15, 0.2) is 16.3 Å². The van der Waals surface area contributed by atoms with E-state index in [0.29, 0.717) is 23.3 Å². The Morgan fingerprint density at radius 3 is 2.61 bits per heavy atom. The molecule has 0 unspecified atom stereocenters. The van der Waals surface area contributed by atoms with E-state index in [2.05, 4.69) is 19.2 Å². The molecule has 2 rings (SSSR count). The first-order valence-electron chi connectivity index (χ1n) is 6.32. The lowest BCUT2D eigenvalue weighted by Crippen LogP contribution is -2.27. The lowest BCUT2D eigenvalue weighted by atomic mass is 10.4. The van der Waals surface area contributed by atoms with Gasteiger partial charge < -0.3 is 5.32 Å². The average Bonchev–Trinajstić information content (AvgIpc) is 2.98. The Bertz CT molecular complexity index is 488. The van der Waals surface area contributed by atoms with Gasteiger partial charge in [0.15, 0.2) is 0 Å². The average molecular weight is 288 g/mol. The van der Waals surface area contributed by atoms with Crippen molar-refractivity contribution in [3.05, 3.63) is 17.0 Å². The van der Waals surface area contributed by atoms with Crippen LogP contribution in [0.1, 0.15) is 31.6 Å². The van der Waals surface area contributed by atoms with Crippen LogP contribution in [0.2, 0.25) is 0 Å². The Morgan fingerprint density at radius 1 is 1.33 bits per heavy atom. The van der Waals surface area contributed by atoms with Crippen LogP contribution in [0, 0.1) is 0 Å². The molecule has 1 aliphatic rings. The van der Waals surface area contributed by atoms with Crippen molar-refractivity contribution in [1.82, 2.24) is 9.62 Å². The van der Waals surface area contributed by atoms with Crippen molar-refractivity contribution in [3.63, 3.8) is 0 Å². The molecule has 0 spiro atoms. The van der Waals surface area contributed by atoms with Crippen LogP contribution in [-0.2, 0) is 16.6 Å². The molecule has 0 bridgehead atoms. The van der Waals surface area contributed by atoms with Gasteiger partial charge in [-0.1, -0.05) is 13.8 Å². The predicted molar refractivity (Wildman–Crippen MR) is 74.3 cm³/mol. The minimum atomic E-state index is -3.23. The Morgan fingerprint density at radius 2 is 2.00 bits per heavy atom. The van der Waals surface area contributed by atoms with E-state index in [1.54, 1.807) is 10.4 Å². The Balaban J connectivity index is 2.09. The Hall–Kier alpha value is -0.430. The van der Waals surface area contributed by atoms with E-state index in [1.165, 1.54) is 11.3 Å². The van der Waals surface area contributed by atoms with Crippen LogP contribution in [0.25, 0.3) is 0 Å². The monoisotopic (exact) mass is 288 g/mol. The van der Waals surface area contributed by atoms with E-state index in [-0.39, 0.29) is 0 Å². The molecule has 1 N–H and O–H groups in total. The normalized spacial score (nSPS) is 17.7. The maximum absolute atomic E-state index is 12.3. The summed E-state index contributed by atoms with van der Waals surface area (Å²) in [4.78, 5) is 1.07. The molecule has 4 nitrogen and oxygen atoms in total. The highest BCUT2D eigenvalue weighted by Crippen LogP contribution is 2.27. The lowest BCUT2D eigenvalue weighted by molar-refractivity contribution is 0.479. The van der Waals surface area contributed by atoms with Gasteiger partial charge in [0.1, 0.15) is 4.21 Å². The van der Waals surface area contributed by atoms with Gasteiger partial charge in [-0.25, -0.2) is 8.42 Å². The topological polar surface area (TPSA) is 49.4 Å². The summed E-state index contributed by atoms with van der Waals surface area (Å²) in [6.07, 6.45) is 1.96. The summed E-state index contributed by atoms with van der Waals surface area (Å²) in [6.45, 7) is 6.22. The smallest absolute Gasteiger partial charge is 0.252 e. The zero-order chi connectivity index (χ0) is 13.2. The number of nitrogens with one attached hydrogen (secondary N) is 1. The highest BCUT2D eigenvalue weighted by molar-refractivity contribution is 7.91. The zero-order valence-electron chi connectivity index (χ0n) is 10.8. The predicted octanol–water partition coefficient (Wildman–Crippen LogP) is 2.03. The van der Waals surface area contributed by atoms with Gasteiger partial charge in [-0.3, -0.25) is 0 Å². The molecule has 102 valence electrons. The van der Waals surface area contributed by atoms with Gasteiger partial charge in [0, 0.05) is 30.6 Å². The number of thiophene rings is 1. The Kier molecular flexibility index (Phi) is 4.42. The summed E-state index contributed by atoms with van der Waals surface area (Å²) in [5, 5.41) is 3.30. The summed E-state index contributed by atoms with van der Waals surface area (Å²) in [7, 11) is -3.23. The first-order valence-corrected chi connectivity index (χ1v) is 8.58. The van der Waals surface area contributed by atoms with E-state index in [1.807, 2.05) is 6.07 Å². The molecular formula is C12H20N2O2S2. The van der Waals surface area contributed by atoms with Gasteiger partial charge in [-0.2, -0.15) is 4.31 Å². The maximum Gasteiger partial charge on any atom is 0.252 e. The fourth-order valence-electron chi connectivity index (χ4n) is 1.95. The van der Waals surface area contributed by atoms with Crippen LogP contribution in [-0.4, -0.2) is 31.9 Å². The van der Waals surface area contributed by atoms with Gasteiger partial charge in [-0.05, 0) is 25.0 Å². The second kappa shape index (κ2) is 5.69. The molecule has 2 heterocycles. The minimum Gasteiger partial charge on any atom is -0.310 e. The Labute approximate surface area is 113 Å². The van der Waals surface area contributed by atoms with Crippen molar-refractivity contribution >= 4 is 21.4 Å². The molecule has 1 fully saturated rings. The standard InChI is InChI=1S/C12H20N2O2S2/c1-10(2)13-9-11-5-6-12(17-11)18(15,16)14-7-3-4-8-14/h5-6,10,13H,3-4,7-9H2,1-2H3. The number of nitrogens with zero attached hydrogens (tertiary/aromatic N) is 1. The number of sulfonamides is 1. The molecule has 1 saturated heterocycles. The highest BCUT2D eigenvalue weighted by Gasteiger charge is 2.28. The van der Waals surface area contributed by atoms with Crippen LogP contribution in [0.4, 0.5) is 0 Å². The van der Waals surface area contributed by atoms with Crippen LogP contribution < -0.4 is 5.32 Å². The van der Waals surface area contributed by atoms with Crippen LogP contribution in [0.3, 0.4) is 0 Å². The van der Waals surface area contributed by atoms with Crippen molar-refractivity contribution in [2.24, 2.45) is 0 Å². The summed E-state index contributed by atoms with van der Waals surface area (Å²) >= 11 is 1.38. The molecule has 18 heavy (non-hydrogen) atoms. The van der Waals surface area contributed by atoms with Crippen molar-refractivity contribution in [1.29, 1.82) is 0 Å². The second-order valence-electron chi connectivity index (χ2n) is 4.87. The lowest BCUT2D eigenvalue weighted by Gasteiger charge is -2.13. The minimum absolute atomic E-state index is 0.408. The molecule has 0 amide bonds. The summed E-state index contributed by atoms with van der Waals surface area (Å²) in [5.41, 5.74) is 0. The summed E-state index contributed by atoms with van der Waals surface area (Å²) < 4.78 is 26.7. The van der Waals surface area contributed by atoms with Gasteiger partial charge in [0.2, 0.25) is 0 Å². The number of rotatable bonds is 5. The van der Waals surface area contributed by atoms with E-state index in [9.17, 15) is 8.42 Å². The van der Waals surface area contributed by atoms with Crippen molar-refractivity contribution in [3.8, 4) is 0 Å². The SMILES string of the molecule is CC(C)NCc1ccc(S(=O)(=O)N2CCCC2)s1. The fourth-order valence-corrected chi connectivity index (χ4v) is 4.93. The molecule has 1 aliphatic heterocycles. The summed E-state index contributed by atoms with van der Waals surface area (Å²) in [5.74, 6) is 0. The third kappa shape index (κ3) is 3.12. The van der Waals surface area contributed by atoms with Gasteiger partial charge >= 0.3 is 0 Å². The first kappa shape index (κ1) is 14.0. The zero-order valence-corrected chi connectivity index (χ0v) is 12.5. The molecule has 0 aromatic carbocycles. The van der Waals surface area contributed by atoms with E-state index >= 15 is 0 Å². The molecule has 0 aliphatic carbocycles. The molecule has 1 aromatic rings. The number of hydrogen-bond donors (Lipinski definition) is 1. The van der Waals surface area contributed by atoms with Crippen molar-refractivity contribution < 1.29 is 8.42 Å². The van der Waals surface area contributed by atoms with E-state index in [4.69, 9.17) is 0 Å². The maximum atomic E-state index is 12.3. The van der Waals surface area contributed by atoms with Gasteiger partial charge in [-0.15, -0.1) is 11.3 Å². The fraction of sp³-hybridized carbons (Fsp3) is 0.667. The van der Waals surface area contributed by atoms with Crippen molar-refractivity contribution in [2.75, 3.05) is 13.1 Å². The third-order valence-electron chi connectivity index (χ3n) is 2.98. The quantitative estimate of drug-likeness (QED) is 0.902. The van der Waals surface area contributed by atoms with Crippen LogP contribution >= 0.6 is 11.3 Å². The molecule has 0 atom stereocenters. The molecule has 1 aromatic heterocycles. The van der Waals surface area contributed by atoms with Crippen molar-refractivity contribution in [2.45, 2.75) is 43.5 Å². The second-order valence-corrected chi connectivity index (χ2v) is 8.20.